The van der Waals surface area contributed by atoms with Crippen molar-refractivity contribution in [3.05, 3.63) is 146 Å². The Balaban J connectivity index is 1.17. The van der Waals surface area contributed by atoms with Gasteiger partial charge in [-0.1, -0.05) is 103 Å². The smallest absolute Gasteiger partial charge is 0.0391 e. The van der Waals surface area contributed by atoms with Crippen LogP contribution in [0.15, 0.2) is 146 Å². The minimum Gasteiger partial charge on any atom is -0.356 e. The van der Waals surface area contributed by atoms with E-state index < -0.39 is 0 Å². The van der Waals surface area contributed by atoms with E-state index in [9.17, 15) is 0 Å². The second kappa shape index (κ2) is 9.37. The van der Waals surface area contributed by atoms with Gasteiger partial charge in [-0.25, -0.2) is 0 Å². The van der Waals surface area contributed by atoms with Gasteiger partial charge in [0.25, 0.3) is 0 Å². The lowest BCUT2D eigenvalue weighted by Crippen LogP contribution is -1.91. The van der Waals surface area contributed by atoms with Gasteiger partial charge in [-0.05, 0) is 86.3 Å². The van der Waals surface area contributed by atoms with E-state index in [2.05, 4.69) is 151 Å². The van der Waals surface area contributed by atoms with E-state index in [-0.39, 0.29) is 0 Å². The molecule has 0 bridgehead atoms. The van der Waals surface area contributed by atoms with Crippen molar-refractivity contribution in [3.63, 3.8) is 0 Å². The molecule has 7 aromatic carbocycles. The maximum Gasteiger partial charge on any atom is 0.0391 e. The van der Waals surface area contributed by atoms with E-state index in [1.807, 2.05) is 11.3 Å². The second-order valence-corrected chi connectivity index (χ2v) is 11.3. The van der Waals surface area contributed by atoms with Gasteiger partial charge >= 0.3 is 0 Å². The first-order chi connectivity index (χ1) is 19.8. The Bertz CT molecular complexity index is 2190. The normalized spacial score (nSPS) is 11.5. The van der Waals surface area contributed by atoms with Crippen molar-refractivity contribution in [1.29, 1.82) is 0 Å². The summed E-state index contributed by atoms with van der Waals surface area (Å²) in [6.45, 7) is 0. The molecule has 0 unspecified atom stereocenters. The molecule has 0 saturated carbocycles. The fourth-order valence-corrected chi connectivity index (χ4v) is 7.04. The molecule has 0 atom stereocenters. The van der Waals surface area contributed by atoms with Crippen LogP contribution in [0.3, 0.4) is 0 Å². The molecule has 0 radical (unpaired) electrons. The van der Waals surface area contributed by atoms with E-state index in [1.165, 1.54) is 64.0 Å². The van der Waals surface area contributed by atoms with Gasteiger partial charge in [0, 0.05) is 31.5 Å². The molecule has 0 fully saturated rings. The fourth-order valence-electron chi connectivity index (χ4n) is 5.95. The highest BCUT2D eigenvalue weighted by Crippen LogP contribution is 2.40. The molecule has 0 aliphatic carbocycles. The Morgan fingerprint density at radius 2 is 1.00 bits per heavy atom. The minimum atomic E-state index is 1.08. The second-order valence-electron chi connectivity index (χ2n) is 10.2. The zero-order valence-electron chi connectivity index (χ0n) is 21.8. The van der Waals surface area contributed by atoms with Gasteiger partial charge in [-0.2, -0.15) is 0 Å². The van der Waals surface area contributed by atoms with Gasteiger partial charge in [-0.3, -0.25) is 0 Å². The Morgan fingerprint density at radius 1 is 0.375 bits per heavy atom. The molecule has 188 valence electrons. The molecule has 2 heteroatoms. The molecule has 8 aromatic rings. The van der Waals surface area contributed by atoms with Crippen LogP contribution in [-0.2, 0) is 0 Å². The summed E-state index contributed by atoms with van der Waals surface area (Å²) in [5, 5.41) is 11.4. The molecule has 1 nitrogen and oxygen atoms in total. The van der Waals surface area contributed by atoms with Gasteiger partial charge in [0.15, 0.2) is 0 Å². The van der Waals surface area contributed by atoms with E-state index in [4.69, 9.17) is 0 Å². The van der Waals surface area contributed by atoms with Crippen molar-refractivity contribution in [2.75, 3.05) is 5.32 Å². The Morgan fingerprint density at radius 3 is 1.85 bits per heavy atom. The first kappa shape index (κ1) is 23.0. The Labute approximate surface area is 237 Å². The van der Waals surface area contributed by atoms with Gasteiger partial charge in [0.05, 0.1) is 0 Å². The summed E-state index contributed by atoms with van der Waals surface area (Å²) >= 11 is 1.85. The summed E-state index contributed by atoms with van der Waals surface area (Å²) < 4.78 is 2.65. The van der Waals surface area contributed by atoms with Crippen LogP contribution in [0.5, 0.6) is 0 Å². The van der Waals surface area contributed by atoms with Crippen LogP contribution < -0.4 is 5.32 Å². The standard InChI is InChI=1S/C38H25NS/c1-2-11-30-26(9-1)23-35(33-14-6-5-12-31(30)33)32-13-4-3-10-29(32)25-17-19-27(20-18-25)39-28-21-22-38-36(24-28)34-15-7-8-16-37(34)40-38/h1-24,39H. The molecule has 1 N–H and O–H groups in total. The zero-order valence-corrected chi connectivity index (χ0v) is 22.6. The molecule has 40 heavy (non-hydrogen) atoms. The van der Waals surface area contributed by atoms with E-state index in [0.29, 0.717) is 0 Å². The molecular weight excluding hydrogens is 502 g/mol. The molecular formula is C38H25NS. The largest absolute Gasteiger partial charge is 0.356 e. The van der Waals surface area contributed by atoms with E-state index in [0.717, 1.165) is 11.4 Å². The molecule has 0 spiro atoms. The zero-order chi connectivity index (χ0) is 26.5. The van der Waals surface area contributed by atoms with Crippen molar-refractivity contribution in [1.82, 2.24) is 0 Å². The first-order valence-corrected chi connectivity index (χ1v) is 14.4. The van der Waals surface area contributed by atoms with Crippen molar-refractivity contribution in [2.24, 2.45) is 0 Å². The lowest BCUT2D eigenvalue weighted by molar-refractivity contribution is 1.55. The average molecular weight is 528 g/mol. The maximum atomic E-state index is 3.62. The van der Waals surface area contributed by atoms with Crippen LogP contribution in [0, 0.1) is 0 Å². The number of anilines is 2. The monoisotopic (exact) mass is 527 g/mol. The fraction of sp³-hybridized carbons (Fsp3) is 0. The summed E-state index contributed by atoms with van der Waals surface area (Å²) in [5.41, 5.74) is 7.14. The van der Waals surface area contributed by atoms with Crippen LogP contribution in [-0.4, -0.2) is 0 Å². The molecule has 0 saturated heterocycles. The molecule has 1 aromatic heterocycles. The number of fused-ring (bicyclic) bond motifs is 6. The lowest BCUT2D eigenvalue weighted by atomic mass is 9.89. The SMILES string of the molecule is c1ccc(-c2cc3ccccc3c3ccccc23)c(-c2ccc(Nc3ccc4sc5ccccc5c4c3)cc2)c1. The molecule has 0 amide bonds. The van der Waals surface area contributed by atoms with Crippen LogP contribution in [0.1, 0.15) is 0 Å². The van der Waals surface area contributed by atoms with Gasteiger partial charge < -0.3 is 5.32 Å². The van der Waals surface area contributed by atoms with Crippen molar-refractivity contribution in [3.8, 4) is 22.3 Å². The third-order valence-corrected chi connectivity index (χ3v) is 9.00. The van der Waals surface area contributed by atoms with Gasteiger partial charge in [0.1, 0.15) is 0 Å². The summed E-state index contributed by atoms with van der Waals surface area (Å²) in [4.78, 5) is 0. The Kier molecular flexibility index (Phi) is 5.39. The Hall–Kier alpha value is -4.92. The third kappa shape index (κ3) is 3.85. The van der Waals surface area contributed by atoms with Crippen LogP contribution in [0.4, 0.5) is 11.4 Å². The first-order valence-electron chi connectivity index (χ1n) is 13.6. The quantitative estimate of drug-likeness (QED) is 0.224. The van der Waals surface area contributed by atoms with Crippen LogP contribution in [0.2, 0.25) is 0 Å². The molecule has 0 aliphatic rings. The highest BCUT2D eigenvalue weighted by molar-refractivity contribution is 7.25. The molecule has 8 rings (SSSR count). The topological polar surface area (TPSA) is 12.0 Å². The highest BCUT2D eigenvalue weighted by Gasteiger charge is 2.13. The number of nitrogens with one attached hydrogen (secondary N) is 1. The van der Waals surface area contributed by atoms with Crippen molar-refractivity contribution in [2.45, 2.75) is 0 Å². The summed E-state index contributed by atoms with van der Waals surface area (Å²) in [7, 11) is 0. The molecule has 0 aliphatic heterocycles. The van der Waals surface area contributed by atoms with E-state index >= 15 is 0 Å². The number of benzene rings is 7. The van der Waals surface area contributed by atoms with Crippen LogP contribution >= 0.6 is 11.3 Å². The average Bonchev–Trinajstić information content (AvgIpc) is 3.39. The van der Waals surface area contributed by atoms with Crippen LogP contribution in [0.25, 0.3) is 64.0 Å². The van der Waals surface area contributed by atoms with Gasteiger partial charge in [0.2, 0.25) is 0 Å². The summed E-state index contributed by atoms with van der Waals surface area (Å²) in [6.07, 6.45) is 0. The summed E-state index contributed by atoms with van der Waals surface area (Å²) in [6, 6.07) is 52.6. The van der Waals surface area contributed by atoms with Crippen molar-refractivity contribution < 1.29 is 0 Å². The number of hydrogen-bond donors (Lipinski definition) is 1. The molecule has 1 heterocycles. The maximum absolute atomic E-state index is 3.62. The van der Waals surface area contributed by atoms with E-state index in [1.54, 1.807) is 0 Å². The number of thiophene rings is 1. The third-order valence-electron chi connectivity index (χ3n) is 7.85. The van der Waals surface area contributed by atoms with Gasteiger partial charge in [-0.15, -0.1) is 11.3 Å². The van der Waals surface area contributed by atoms with Crippen molar-refractivity contribution >= 4 is 64.4 Å². The number of rotatable bonds is 4. The predicted octanol–water partition coefficient (Wildman–Crippen LogP) is 11.4. The number of hydrogen-bond acceptors (Lipinski definition) is 2. The minimum absolute atomic E-state index is 1.08. The lowest BCUT2D eigenvalue weighted by Gasteiger charge is -2.15. The predicted molar refractivity (Wildman–Crippen MR) is 175 cm³/mol. The summed E-state index contributed by atoms with van der Waals surface area (Å²) in [5.74, 6) is 0. The highest BCUT2D eigenvalue weighted by atomic mass is 32.1.